The molecule has 5 nitrogen and oxygen atoms in total. The minimum atomic E-state index is -4.18. The molecule has 0 radical (unpaired) electrons. The van der Waals surface area contributed by atoms with Crippen LogP contribution in [0.25, 0.3) is 0 Å². The summed E-state index contributed by atoms with van der Waals surface area (Å²) in [6.45, 7) is 3.29. The Kier molecular flexibility index (Phi) is 3.70. The van der Waals surface area contributed by atoms with Crippen molar-refractivity contribution in [3.63, 3.8) is 0 Å². The predicted octanol–water partition coefficient (Wildman–Crippen LogP) is 0.493. The molecule has 0 aliphatic heterocycles. The number of aliphatic hydroxyl groups is 1. The van der Waals surface area contributed by atoms with Crippen LogP contribution >= 0.6 is 18.9 Å². The molecule has 0 spiro atoms. The third kappa shape index (κ3) is 3.44. The molecule has 1 heterocycles. The smallest absolute Gasteiger partial charge is 0.357 e. The minimum Gasteiger partial charge on any atom is -0.511 e. The van der Waals surface area contributed by atoms with Gasteiger partial charge >= 0.3 is 7.60 Å². The SMILES string of the molecule is C=C(O)[C@@H](N)Cc1cc(P(=O)(O)O)cs1. The Balaban J connectivity index is 2.78. The molecule has 0 saturated heterocycles. The molecule has 15 heavy (non-hydrogen) atoms. The zero-order valence-corrected chi connectivity index (χ0v) is 9.54. The van der Waals surface area contributed by atoms with Crippen LogP contribution in [0.3, 0.4) is 0 Å². The molecule has 1 aromatic heterocycles. The summed E-state index contributed by atoms with van der Waals surface area (Å²) in [5, 5.41) is 10.4. The van der Waals surface area contributed by atoms with Gasteiger partial charge in [0.25, 0.3) is 0 Å². The summed E-state index contributed by atoms with van der Waals surface area (Å²) in [5.41, 5.74) is 5.53. The van der Waals surface area contributed by atoms with Crippen molar-refractivity contribution in [2.75, 3.05) is 0 Å². The monoisotopic (exact) mass is 249 g/mol. The Hall–Kier alpha value is -0.650. The van der Waals surface area contributed by atoms with Crippen LogP contribution in [0.4, 0.5) is 0 Å². The van der Waals surface area contributed by atoms with Crippen LogP contribution in [0.1, 0.15) is 4.88 Å². The molecule has 0 saturated carbocycles. The maximum atomic E-state index is 10.9. The molecule has 0 aliphatic carbocycles. The Bertz CT molecular complexity index is 411. The fraction of sp³-hybridized carbons (Fsp3) is 0.250. The van der Waals surface area contributed by atoms with Gasteiger partial charge in [-0.1, -0.05) is 6.58 Å². The van der Waals surface area contributed by atoms with Gasteiger partial charge in [-0.2, -0.15) is 0 Å². The first kappa shape index (κ1) is 12.4. The van der Waals surface area contributed by atoms with Crippen LogP contribution in [0.5, 0.6) is 0 Å². The van der Waals surface area contributed by atoms with Crippen molar-refractivity contribution in [2.24, 2.45) is 5.73 Å². The summed E-state index contributed by atoms with van der Waals surface area (Å²) in [6, 6.07) is 0.794. The normalized spacial score (nSPS) is 13.8. The van der Waals surface area contributed by atoms with Gasteiger partial charge in [0, 0.05) is 16.7 Å². The molecule has 7 heteroatoms. The average Bonchev–Trinajstić information content (AvgIpc) is 2.51. The van der Waals surface area contributed by atoms with Gasteiger partial charge in [-0.15, -0.1) is 11.3 Å². The van der Waals surface area contributed by atoms with Gasteiger partial charge in [-0.05, 0) is 6.07 Å². The average molecular weight is 249 g/mol. The third-order valence-corrected chi connectivity index (χ3v) is 3.89. The molecule has 84 valence electrons. The van der Waals surface area contributed by atoms with Crippen molar-refractivity contribution < 1.29 is 19.5 Å². The number of hydrogen-bond acceptors (Lipinski definition) is 4. The molecular formula is C8H12NO4PS. The lowest BCUT2D eigenvalue weighted by Crippen LogP contribution is -2.24. The van der Waals surface area contributed by atoms with Gasteiger partial charge in [0.05, 0.1) is 11.3 Å². The maximum absolute atomic E-state index is 10.9. The molecule has 0 bridgehead atoms. The summed E-state index contributed by atoms with van der Waals surface area (Å²) in [4.78, 5) is 18.4. The van der Waals surface area contributed by atoms with Crippen molar-refractivity contribution in [1.82, 2.24) is 0 Å². The van der Waals surface area contributed by atoms with Gasteiger partial charge in [0.15, 0.2) is 0 Å². The van der Waals surface area contributed by atoms with E-state index >= 15 is 0 Å². The number of rotatable bonds is 4. The summed E-state index contributed by atoms with van der Waals surface area (Å²) < 4.78 is 10.9. The highest BCUT2D eigenvalue weighted by molar-refractivity contribution is 7.60. The van der Waals surface area contributed by atoms with E-state index in [9.17, 15) is 4.57 Å². The summed E-state index contributed by atoms with van der Waals surface area (Å²) in [5.74, 6) is -0.138. The zero-order chi connectivity index (χ0) is 11.6. The zero-order valence-electron chi connectivity index (χ0n) is 7.83. The number of nitrogens with two attached hydrogens (primary N) is 1. The molecule has 1 rings (SSSR count). The quantitative estimate of drug-likeness (QED) is 0.459. The highest BCUT2D eigenvalue weighted by atomic mass is 32.1. The second kappa shape index (κ2) is 4.47. The highest BCUT2D eigenvalue weighted by Gasteiger charge is 2.19. The van der Waals surface area contributed by atoms with Crippen molar-refractivity contribution in [1.29, 1.82) is 0 Å². The summed E-state index contributed by atoms with van der Waals surface area (Å²) in [7, 11) is -4.18. The van der Waals surface area contributed by atoms with E-state index in [0.717, 1.165) is 0 Å². The Morgan fingerprint density at radius 2 is 2.27 bits per heavy atom. The molecular weight excluding hydrogens is 237 g/mol. The summed E-state index contributed by atoms with van der Waals surface area (Å²) in [6.07, 6.45) is 0.319. The van der Waals surface area contributed by atoms with E-state index in [1.807, 2.05) is 0 Å². The van der Waals surface area contributed by atoms with Gasteiger partial charge in [0.1, 0.15) is 5.76 Å². The fourth-order valence-electron chi connectivity index (χ4n) is 0.963. The second-order valence-corrected chi connectivity index (χ2v) is 5.72. The molecule has 1 atom stereocenters. The van der Waals surface area contributed by atoms with E-state index in [2.05, 4.69) is 6.58 Å². The van der Waals surface area contributed by atoms with Gasteiger partial charge < -0.3 is 20.6 Å². The molecule has 1 aromatic rings. The number of hydrogen-bond donors (Lipinski definition) is 4. The van der Waals surface area contributed by atoms with Crippen LogP contribution in [0, 0.1) is 0 Å². The summed E-state index contributed by atoms with van der Waals surface area (Å²) >= 11 is 1.20. The topological polar surface area (TPSA) is 104 Å². The first-order valence-electron chi connectivity index (χ1n) is 4.07. The van der Waals surface area contributed by atoms with Crippen LogP contribution in [0.15, 0.2) is 23.8 Å². The Labute approximate surface area is 91.0 Å². The number of aliphatic hydroxyl groups excluding tert-OH is 1. The van der Waals surface area contributed by atoms with E-state index in [1.165, 1.54) is 22.8 Å². The number of thiophene rings is 1. The maximum Gasteiger partial charge on any atom is 0.357 e. The largest absolute Gasteiger partial charge is 0.511 e. The Morgan fingerprint density at radius 3 is 2.67 bits per heavy atom. The lowest BCUT2D eigenvalue weighted by Gasteiger charge is -2.07. The predicted molar refractivity (Wildman–Crippen MR) is 59.4 cm³/mol. The first-order valence-corrected chi connectivity index (χ1v) is 6.57. The van der Waals surface area contributed by atoms with Gasteiger partial charge in [0.2, 0.25) is 0 Å². The van der Waals surface area contributed by atoms with Crippen LogP contribution in [-0.2, 0) is 11.0 Å². The van der Waals surface area contributed by atoms with E-state index in [4.69, 9.17) is 20.6 Å². The van der Waals surface area contributed by atoms with Gasteiger partial charge in [-0.25, -0.2) is 0 Å². The van der Waals surface area contributed by atoms with E-state index < -0.39 is 13.6 Å². The fourth-order valence-corrected chi connectivity index (χ4v) is 2.89. The molecule has 5 N–H and O–H groups in total. The van der Waals surface area contributed by atoms with Crippen LogP contribution in [0.2, 0.25) is 0 Å². The Morgan fingerprint density at radius 1 is 1.67 bits per heavy atom. The standard InChI is InChI=1S/C8H12NO4PS/c1-5(10)8(9)3-7-2-6(4-15-7)14(11,12)13/h2,4,8,10H,1,3,9H2,(H2,11,12,13)/t8-/m0/s1. The van der Waals surface area contributed by atoms with Crippen LogP contribution in [-0.4, -0.2) is 20.9 Å². The van der Waals surface area contributed by atoms with E-state index in [-0.39, 0.29) is 11.1 Å². The molecule has 0 aromatic carbocycles. The van der Waals surface area contributed by atoms with E-state index in [1.54, 1.807) is 0 Å². The molecule has 0 amide bonds. The lowest BCUT2D eigenvalue weighted by atomic mass is 10.2. The third-order valence-electron chi connectivity index (χ3n) is 1.83. The minimum absolute atomic E-state index is 0.0155. The molecule has 0 unspecified atom stereocenters. The second-order valence-electron chi connectivity index (χ2n) is 3.12. The van der Waals surface area contributed by atoms with E-state index in [0.29, 0.717) is 11.3 Å². The van der Waals surface area contributed by atoms with Crippen molar-refractivity contribution in [3.05, 3.63) is 28.7 Å². The lowest BCUT2D eigenvalue weighted by molar-refractivity contribution is 0.369. The van der Waals surface area contributed by atoms with Crippen molar-refractivity contribution in [2.45, 2.75) is 12.5 Å². The highest BCUT2D eigenvalue weighted by Crippen LogP contribution is 2.35. The van der Waals surface area contributed by atoms with Crippen LogP contribution < -0.4 is 11.0 Å². The first-order chi connectivity index (χ1) is 6.80. The van der Waals surface area contributed by atoms with Crippen molar-refractivity contribution >= 4 is 24.2 Å². The van der Waals surface area contributed by atoms with Gasteiger partial charge in [-0.3, -0.25) is 4.57 Å². The van der Waals surface area contributed by atoms with Crippen molar-refractivity contribution in [3.8, 4) is 0 Å². The molecule has 0 aliphatic rings. The molecule has 0 fully saturated rings.